The number of pyridine rings is 1. The Morgan fingerprint density at radius 2 is 2.25 bits per heavy atom. The molecule has 20 heavy (non-hydrogen) atoms. The zero-order chi connectivity index (χ0) is 13.9. The number of likely N-dealkylation sites (N-methyl/N-ethyl adjacent to an activating group) is 1. The molecule has 6 heteroatoms. The molecule has 1 aliphatic heterocycles. The third-order valence-corrected chi connectivity index (χ3v) is 3.45. The number of hydrogen-bond donors (Lipinski definition) is 2. The van der Waals surface area contributed by atoms with Gasteiger partial charge in [0.25, 0.3) is 0 Å². The minimum atomic E-state index is 0.103. The maximum atomic E-state index is 9.11. The summed E-state index contributed by atoms with van der Waals surface area (Å²) in [4.78, 5) is 15.1. The van der Waals surface area contributed by atoms with E-state index in [-0.39, 0.29) is 6.61 Å². The van der Waals surface area contributed by atoms with Crippen molar-refractivity contribution in [3.8, 4) is 11.3 Å². The van der Waals surface area contributed by atoms with Crippen LogP contribution in [0.25, 0.3) is 11.3 Å². The van der Waals surface area contributed by atoms with Crippen LogP contribution in [0.5, 0.6) is 0 Å². The fourth-order valence-electron chi connectivity index (χ4n) is 2.49. The molecule has 3 rings (SSSR count). The van der Waals surface area contributed by atoms with Gasteiger partial charge in [-0.05, 0) is 18.6 Å². The van der Waals surface area contributed by atoms with E-state index in [9.17, 15) is 0 Å². The van der Waals surface area contributed by atoms with Crippen LogP contribution in [0.15, 0.2) is 24.7 Å². The van der Waals surface area contributed by atoms with Crippen molar-refractivity contribution >= 4 is 11.6 Å². The molecule has 0 aliphatic carbocycles. The molecular formula is C14H17N5O. The Morgan fingerprint density at radius 1 is 1.35 bits per heavy atom. The summed E-state index contributed by atoms with van der Waals surface area (Å²) in [5, 5.41) is 12.4. The summed E-state index contributed by atoms with van der Waals surface area (Å²) < 4.78 is 0. The van der Waals surface area contributed by atoms with Gasteiger partial charge in [-0.1, -0.05) is 0 Å². The quantitative estimate of drug-likeness (QED) is 0.865. The Balaban J connectivity index is 2.13. The molecular weight excluding hydrogens is 254 g/mol. The number of fused-ring (bicyclic) bond motifs is 3. The Hall–Kier alpha value is -2.21. The highest BCUT2D eigenvalue weighted by Crippen LogP contribution is 2.33. The third-order valence-electron chi connectivity index (χ3n) is 3.45. The van der Waals surface area contributed by atoms with Crippen LogP contribution in [0.4, 0.5) is 11.6 Å². The lowest BCUT2D eigenvalue weighted by atomic mass is 10.1. The first-order valence-electron chi connectivity index (χ1n) is 6.66. The van der Waals surface area contributed by atoms with E-state index in [2.05, 4.69) is 20.3 Å². The molecule has 6 nitrogen and oxygen atoms in total. The van der Waals surface area contributed by atoms with E-state index in [4.69, 9.17) is 5.11 Å². The van der Waals surface area contributed by atoms with Crippen LogP contribution in [0, 0.1) is 0 Å². The number of nitrogens with one attached hydrogen (secondary N) is 1. The molecule has 0 fully saturated rings. The molecule has 0 saturated heterocycles. The van der Waals surface area contributed by atoms with Gasteiger partial charge in [-0.15, -0.1) is 0 Å². The van der Waals surface area contributed by atoms with Gasteiger partial charge in [-0.2, -0.15) is 0 Å². The highest BCUT2D eigenvalue weighted by atomic mass is 16.3. The number of rotatable bonds is 3. The van der Waals surface area contributed by atoms with Crippen molar-refractivity contribution in [1.29, 1.82) is 0 Å². The van der Waals surface area contributed by atoms with E-state index < -0.39 is 0 Å². The monoisotopic (exact) mass is 271 g/mol. The molecule has 0 aromatic carbocycles. The second kappa shape index (κ2) is 5.42. The van der Waals surface area contributed by atoms with Crippen molar-refractivity contribution in [1.82, 2.24) is 15.0 Å². The lowest BCUT2D eigenvalue weighted by Gasteiger charge is -2.20. The van der Waals surface area contributed by atoms with Crippen LogP contribution < -0.4 is 10.2 Å². The van der Waals surface area contributed by atoms with E-state index in [1.165, 1.54) is 0 Å². The molecule has 3 heterocycles. The van der Waals surface area contributed by atoms with Gasteiger partial charge >= 0.3 is 0 Å². The predicted molar refractivity (Wildman–Crippen MR) is 77.8 cm³/mol. The van der Waals surface area contributed by atoms with Crippen molar-refractivity contribution in [2.24, 2.45) is 0 Å². The maximum absolute atomic E-state index is 9.11. The van der Waals surface area contributed by atoms with Gasteiger partial charge in [0.2, 0.25) is 0 Å². The molecule has 2 aromatic rings. The smallest absolute Gasteiger partial charge is 0.135 e. The minimum absolute atomic E-state index is 0.103. The topological polar surface area (TPSA) is 74.2 Å². The SMILES string of the molecule is CN(CCO)c1ncnc2c1CCNc1ncccc1-2. The molecule has 2 N–H and O–H groups in total. The highest BCUT2D eigenvalue weighted by molar-refractivity contribution is 5.78. The molecule has 0 atom stereocenters. The lowest BCUT2D eigenvalue weighted by Crippen LogP contribution is -2.24. The summed E-state index contributed by atoms with van der Waals surface area (Å²) >= 11 is 0. The molecule has 104 valence electrons. The van der Waals surface area contributed by atoms with E-state index >= 15 is 0 Å². The van der Waals surface area contributed by atoms with Crippen molar-refractivity contribution < 1.29 is 5.11 Å². The molecule has 0 amide bonds. The average molecular weight is 271 g/mol. The van der Waals surface area contributed by atoms with Crippen LogP contribution in [0.1, 0.15) is 5.56 Å². The summed E-state index contributed by atoms with van der Waals surface area (Å²) in [6.45, 7) is 1.45. The van der Waals surface area contributed by atoms with Crippen molar-refractivity contribution in [3.63, 3.8) is 0 Å². The van der Waals surface area contributed by atoms with Crippen molar-refractivity contribution in [3.05, 3.63) is 30.2 Å². The zero-order valence-electron chi connectivity index (χ0n) is 11.4. The number of aliphatic hydroxyl groups is 1. The van der Waals surface area contributed by atoms with E-state index in [1.807, 2.05) is 24.1 Å². The first-order chi connectivity index (χ1) is 9.81. The van der Waals surface area contributed by atoms with E-state index in [1.54, 1.807) is 12.5 Å². The van der Waals surface area contributed by atoms with Gasteiger partial charge in [-0.3, -0.25) is 0 Å². The first-order valence-corrected chi connectivity index (χ1v) is 6.66. The second-order valence-corrected chi connectivity index (χ2v) is 4.75. The second-order valence-electron chi connectivity index (χ2n) is 4.75. The van der Waals surface area contributed by atoms with Crippen LogP contribution in [0.2, 0.25) is 0 Å². The molecule has 2 aromatic heterocycles. The first kappa shape index (κ1) is 12.8. The number of nitrogens with zero attached hydrogens (tertiary/aromatic N) is 4. The van der Waals surface area contributed by atoms with E-state index in [0.717, 1.165) is 41.4 Å². The fourth-order valence-corrected chi connectivity index (χ4v) is 2.49. The summed E-state index contributed by atoms with van der Waals surface area (Å²) in [6.07, 6.45) is 4.18. The number of aromatic nitrogens is 3. The summed E-state index contributed by atoms with van der Waals surface area (Å²) in [6, 6.07) is 3.93. The Labute approximate surface area is 117 Å². The minimum Gasteiger partial charge on any atom is -0.395 e. The Morgan fingerprint density at radius 3 is 3.10 bits per heavy atom. The Bertz CT molecular complexity index is 616. The molecule has 0 spiro atoms. The van der Waals surface area contributed by atoms with Crippen LogP contribution in [-0.2, 0) is 6.42 Å². The van der Waals surface area contributed by atoms with Crippen LogP contribution in [0.3, 0.4) is 0 Å². The van der Waals surface area contributed by atoms with Gasteiger partial charge < -0.3 is 15.3 Å². The van der Waals surface area contributed by atoms with Gasteiger partial charge in [0.05, 0.1) is 12.3 Å². The highest BCUT2D eigenvalue weighted by Gasteiger charge is 2.20. The molecule has 0 radical (unpaired) electrons. The Kier molecular flexibility index (Phi) is 3.47. The predicted octanol–water partition coefficient (Wildman–Crippen LogP) is 0.935. The largest absolute Gasteiger partial charge is 0.395 e. The number of hydrogen-bond acceptors (Lipinski definition) is 6. The lowest BCUT2D eigenvalue weighted by molar-refractivity contribution is 0.303. The van der Waals surface area contributed by atoms with E-state index in [0.29, 0.717) is 6.54 Å². The van der Waals surface area contributed by atoms with Gasteiger partial charge in [0, 0.05) is 37.5 Å². The fraction of sp³-hybridized carbons (Fsp3) is 0.357. The maximum Gasteiger partial charge on any atom is 0.135 e. The van der Waals surface area contributed by atoms with Crippen LogP contribution >= 0.6 is 0 Å². The third kappa shape index (κ3) is 2.18. The summed E-state index contributed by atoms with van der Waals surface area (Å²) in [5.41, 5.74) is 3.02. The molecule has 0 unspecified atom stereocenters. The van der Waals surface area contributed by atoms with Gasteiger partial charge in [0.15, 0.2) is 0 Å². The average Bonchev–Trinajstić information content (AvgIpc) is 2.66. The summed E-state index contributed by atoms with van der Waals surface area (Å²) in [7, 11) is 1.93. The number of anilines is 2. The van der Waals surface area contributed by atoms with Crippen molar-refractivity contribution in [2.75, 3.05) is 37.0 Å². The van der Waals surface area contributed by atoms with Crippen LogP contribution in [-0.4, -0.2) is 46.8 Å². The summed E-state index contributed by atoms with van der Waals surface area (Å²) in [5.74, 6) is 1.74. The zero-order valence-corrected chi connectivity index (χ0v) is 11.4. The standard InChI is InChI=1S/C14H17N5O/c1-19(7-8-20)14-11-4-6-16-13-10(3-2-5-15-13)12(11)17-9-18-14/h2-3,5,9,20H,4,6-8H2,1H3,(H,15,16). The van der Waals surface area contributed by atoms with Crippen molar-refractivity contribution in [2.45, 2.75) is 6.42 Å². The van der Waals surface area contributed by atoms with Gasteiger partial charge in [0.1, 0.15) is 18.0 Å². The normalized spacial score (nSPS) is 12.9. The number of aliphatic hydroxyl groups excluding tert-OH is 1. The molecule has 0 saturated carbocycles. The van der Waals surface area contributed by atoms with Gasteiger partial charge in [-0.25, -0.2) is 15.0 Å². The molecule has 1 aliphatic rings. The molecule has 0 bridgehead atoms.